The molecule has 0 atom stereocenters. The Labute approximate surface area is 76.2 Å². The van der Waals surface area contributed by atoms with Crippen LogP contribution in [0, 0.1) is 19.7 Å². The van der Waals surface area contributed by atoms with Gasteiger partial charge in [0.15, 0.2) is 0 Å². The minimum Gasteiger partial charge on any atom is -0.253 e. The summed E-state index contributed by atoms with van der Waals surface area (Å²) in [5.74, 6) is -0.198. The van der Waals surface area contributed by atoms with Gasteiger partial charge in [0.2, 0.25) is 0 Å². The van der Waals surface area contributed by atoms with Crippen LogP contribution in [-0.4, -0.2) is 4.98 Å². The zero-order chi connectivity index (χ0) is 9.42. The maximum Gasteiger partial charge on any atom is 0.124 e. The molecule has 2 heteroatoms. The van der Waals surface area contributed by atoms with Gasteiger partial charge in [-0.15, -0.1) is 0 Å². The molecule has 66 valence electrons. The van der Waals surface area contributed by atoms with Gasteiger partial charge in [0.25, 0.3) is 0 Å². The van der Waals surface area contributed by atoms with Crippen LogP contribution in [0.4, 0.5) is 4.39 Å². The van der Waals surface area contributed by atoms with Crippen molar-refractivity contribution in [2.45, 2.75) is 13.8 Å². The van der Waals surface area contributed by atoms with E-state index < -0.39 is 0 Å². The lowest BCUT2D eigenvalue weighted by atomic mass is 10.1. The van der Waals surface area contributed by atoms with Gasteiger partial charge in [0, 0.05) is 11.1 Å². The Hall–Kier alpha value is -1.44. The van der Waals surface area contributed by atoms with Gasteiger partial charge in [-0.2, -0.15) is 0 Å². The van der Waals surface area contributed by atoms with Crippen LogP contribution >= 0.6 is 0 Å². The maximum absolute atomic E-state index is 13.0. The lowest BCUT2D eigenvalue weighted by molar-refractivity contribution is 0.628. The number of hydrogen-bond donors (Lipinski definition) is 0. The molecule has 0 aliphatic carbocycles. The molecule has 0 saturated heterocycles. The summed E-state index contributed by atoms with van der Waals surface area (Å²) in [7, 11) is 0. The summed E-state index contributed by atoms with van der Waals surface area (Å²) in [4.78, 5) is 4.35. The molecule has 0 unspecified atom stereocenters. The number of nitrogens with zero attached hydrogens (tertiary/aromatic N) is 1. The second-order valence-corrected chi connectivity index (χ2v) is 3.25. The Morgan fingerprint density at radius 1 is 1.15 bits per heavy atom. The molecule has 0 radical (unpaired) electrons. The molecule has 2 rings (SSSR count). The normalized spacial score (nSPS) is 10.7. The van der Waals surface area contributed by atoms with Crippen molar-refractivity contribution in [2.24, 2.45) is 0 Å². The minimum atomic E-state index is -0.198. The molecule has 2 aromatic rings. The number of pyridine rings is 1. The van der Waals surface area contributed by atoms with Crippen molar-refractivity contribution in [1.82, 2.24) is 4.98 Å². The van der Waals surface area contributed by atoms with Crippen LogP contribution < -0.4 is 0 Å². The van der Waals surface area contributed by atoms with Crippen LogP contribution in [0.15, 0.2) is 24.3 Å². The molecule has 0 bridgehead atoms. The zero-order valence-electron chi connectivity index (χ0n) is 7.63. The van der Waals surface area contributed by atoms with Gasteiger partial charge in [0.1, 0.15) is 5.82 Å². The minimum absolute atomic E-state index is 0.198. The predicted octanol–water partition coefficient (Wildman–Crippen LogP) is 2.99. The van der Waals surface area contributed by atoms with E-state index in [4.69, 9.17) is 0 Å². The maximum atomic E-state index is 13.0. The highest BCUT2D eigenvalue weighted by Crippen LogP contribution is 2.18. The van der Waals surface area contributed by atoms with E-state index in [1.807, 2.05) is 26.0 Å². The number of hydrogen-bond acceptors (Lipinski definition) is 1. The smallest absolute Gasteiger partial charge is 0.124 e. The Kier molecular flexibility index (Phi) is 1.76. The van der Waals surface area contributed by atoms with Crippen LogP contribution in [0.25, 0.3) is 10.9 Å². The van der Waals surface area contributed by atoms with E-state index in [9.17, 15) is 4.39 Å². The first-order valence-corrected chi connectivity index (χ1v) is 4.20. The summed E-state index contributed by atoms with van der Waals surface area (Å²) < 4.78 is 13.0. The SMILES string of the molecule is Cc1ccc2cc(F)cc(C)c2n1. The van der Waals surface area contributed by atoms with E-state index in [0.29, 0.717) is 0 Å². The number of aromatic nitrogens is 1. The third-order valence-corrected chi connectivity index (χ3v) is 2.09. The molecule has 0 fully saturated rings. The third kappa shape index (κ3) is 1.39. The van der Waals surface area contributed by atoms with Crippen molar-refractivity contribution >= 4 is 10.9 Å². The average molecular weight is 175 g/mol. The van der Waals surface area contributed by atoms with Crippen LogP contribution in [0.1, 0.15) is 11.3 Å². The topological polar surface area (TPSA) is 12.9 Å². The lowest BCUT2D eigenvalue weighted by Gasteiger charge is -2.02. The van der Waals surface area contributed by atoms with Crippen LogP contribution in [0.3, 0.4) is 0 Å². The molecule has 0 aliphatic heterocycles. The Morgan fingerprint density at radius 3 is 2.69 bits per heavy atom. The highest BCUT2D eigenvalue weighted by atomic mass is 19.1. The Balaban J connectivity index is 2.87. The first-order chi connectivity index (χ1) is 6.16. The van der Waals surface area contributed by atoms with Crippen molar-refractivity contribution in [3.8, 4) is 0 Å². The number of benzene rings is 1. The average Bonchev–Trinajstić information content (AvgIpc) is 2.06. The van der Waals surface area contributed by atoms with E-state index in [-0.39, 0.29) is 5.82 Å². The molecule has 1 aromatic heterocycles. The molecule has 1 nitrogen and oxygen atoms in total. The molecule has 1 aromatic carbocycles. The number of halogens is 1. The molecule has 0 saturated carbocycles. The number of aryl methyl sites for hydroxylation is 2. The van der Waals surface area contributed by atoms with Gasteiger partial charge in [-0.25, -0.2) is 4.39 Å². The van der Waals surface area contributed by atoms with Crippen LogP contribution in [0.5, 0.6) is 0 Å². The number of rotatable bonds is 0. The van der Waals surface area contributed by atoms with Crippen molar-refractivity contribution in [1.29, 1.82) is 0 Å². The highest BCUT2D eigenvalue weighted by molar-refractivity contribution is 5.81. The summed E-state index contributed by atoms with van der Waals surface area (Å²) in [6.45, 7) is 3.81. The van der Waals surface area contributed by atoms with Crippen LogP contribution in [0.2, 0.25) is 0 Å². The summed E-state index contributed by atoms with van der Waals surface area (Å²) in [5.41, 5.74) is 2.74. The fourth-order valence-corrected chi connectivity index (χ4v) is 1.47. The van der Waals surface area contributed by atoms with Gasteiger partial charge in [-0.3, -0.25) is 4.98 Å². The molecular weight excluding hydrogens is 165 g/mol. The summed E-state index contributed by atoms with van der Waals surface area (Å²) in [6, 6.07) is 6.80. The van der Waals surface area contributed by atoms with Crippen molar-refractivity contribution in [2.75, 3.05) is 0 Å². The zero-order valence-corrected chi connectivity index (χ0v) is 7.63. The molecule has 0 amide bonds. The second kappa shape index (κ2) is 2.80. The van der Waals surface area contributed by atoms with Gasteiger partial charge < -0.3 is 0 Å². The standard InChI is InChI=1S/C11H10FN/c1-7-5-10(12)6-9-4-3-8(2)13-11(7)9/h3-6H,1-2H3. The predicted molar refractivity (Wildman–Crippen MR) is 51.2 cm³/mol. The molecule has 0 N–H and O–H groups in total. The third-order valence-electron chi connectivity index (χ3n) is 2.09. The van der Waals surface area contributed by atoms with Crippen molar-refractivity contribution in [3.63, 3.8) is 0 Å². The highest BCUT2D eigenvalue weighted by Gasteiger charge is 2.01. The van der Waals surface area contributed by atoms with Gasteiger partial charge >= 0.3 is 0 Å². The largest absolute Gasteiger partial charge is 0.253 e. The molecule has 0 spiro atoms. The molecule has 1 heterocycles. The van der Waals surface area contributed by atoms with Crippen molar-refractivity contribution < 1.29 is 4.39 Å². The summed E-state index contributed by atoms with van der Waals surface area (Å²) in [6.07, 6.45) is 0. The van der Waals surface area contributed by atoms with E-state index in [2.05, 4.69) is 4.98 Å². The Morgan fingerprint density at radius 2 is 1.92 bits per heavy atom. The molecule has 0 aliphatic rings. The van der Waals surface area contributed by atoms with Crippen LogP contribution in [-0.2, 0) is 0 Å². The first kappa shape index (κ1) is 8.17. The number of fused-ring (bicyclic) bond motifs is 1. The first-order valence-electron chi connectivity index (χ1n) is 4.20. The summed E-state index contributed by atoms with van der Waals surface area (Å²) >= 11 is 0. The fraction of sp³-hybridized carbons (Fsp3) is 0.182. The van der Waals surface area contributed by atoms with Gasteiger partial charge in [-0.1, -0.05) is 6.07 Å². The van der Waals surface area contributed by atoms with E-state index in [1.165, 1.54) is 12.1 Å². The van der Waals surface area contributed by atoms with Gasteiger partial charge in [0.05, 0.1) is 5.52 Å². The van der Waals surface area contributed by atoms with E-state index in [0.717, 1.165) is 22.2 Å². The van der Waals surface area contributed by atoms with E-state index >= 15 is 0 Å². The molecular formula is C11H10FN. The molecule has 13 heavy (non-hydrogen) atoms. The summed E-state index contributed by atoms with van der Waals surface area (Å²) in [5, 5.41) is 0.864. The Bertz CT molecular complexity index is 463. The van der Waals surface area contributed by atoms with E-state index in [1.54, 1.807) is 0 Å². The van der Waals surface area contributed by atoms with Gasteiger partial charge in [-0.05, 0) is 37.6 Å². The lowest BCUT2D eigenvalue weighted by Crippen LogP contribution is -1.87. The van der Waals surface area contributed by atoms with Crippen molar-refractivity contribution in [3.05, 3.63) is 41.3 Å². The fourth-order valence-electron chi connectivity index (χ4n) is 1.47. The second-order valence-electron chi connectivity index (χ2n) is 3.25. The quantitative estimate of drug-likeness (QED) is 0.599. The monoisotopic (exact) mass is 175 g/mol.